The Bertz CT molecular complexity index is 698. The first-order valence-corrected chi connectivity index (χ1v) is 6.80. The highest BCUT2D eigenvalue weighted by Gasteiger charge is 2.23. The summed E-state index contributed by atoms with van der Waals surface area (Å²) in [5.74, 6) is -1.19. The van der Waals surface area contributed by atoms with Crippen molar-refractivity contribution in [2.24, 2.45) is 10.2 Å². The third kappa shape index (κ3) is 2.84. The van der Waals surface area contributed by atoms with Crippen LogP contribution in [0, 0.1) is 20.8 Å². The molecular weight excluding hydrogens is 296 g/mol. The van der Waals surface area contributed by atoms with Crippen molar-refractivity contribution in [1.29, 1.82) is 0 Å². The standard InChI is InChI=1S/C12H14N4O4S/c1-4-7(11(17)18)10(21-9(4)12(19)20)16-15-8-5(2)13-14-6(8)3/h12,19-20H,1-3H3,(H,13,14)(H,17,18). The first-order chi connectivity index (χ1) is 9.82. The average Bonchev–Trinajstić information content (AvgIpc) is 2.88. The molecule has 0 unspecified atom stereocenters. The molecule has 0 amide bonds. The molecule has 0 atom stereocenters. The topological polar surface area (TPSA) is 131 Å². The number of H-pyrrole nitrogens is 1. The number of aliphatic hydroxyl groups is 2. The third-order valence-electron chi connectivity index (χ3n) is 2.94. The molecule has 2 aromatic rings. The molecule has 0 radical (unpaired) electrons. The smallest absolute Gasteiger partial charge is 0.339 e. The Morgan fingerprint density at radius 1 is 1.29 bits per heavy atom. The van der Waals surface area contributed by atoms with Crippen LogP contribution in [0.15, 0.2) is 10.2 Å². The number of azo groups is 1. The first-order valence-electron chi connectivity index (χ1n) is 5.99. The predicted octanol–water partition coefficient (Wildman–Crippen LogP) is 2.49. The number of carbonyl (C=O) groups is 1. The lowest BCUT2D eigenvalue weighted by Crippen LogP contribution is -1.99. The SMILES string of the molecule is Cc1n[nH]c(C)c1N=Nc1sc(C(O)O)c(C)c1C(=O)O. The number of hydrogen-bond acceptors (Lipinski definition) is 7. The van der Waals surface area contributed by atoms with Crippen LogP contribution < -0.4 is 0 Å². The van der Waals surface area contributed by atoms with Crippen molar-refractivity contribution in [3.05, 3.63) is 27.4 Å². The van der Waals surface area contributed by atoms with E-state index in [1.54, 1.807) is 13.8 Å². The van der Waals surface area contributed by atoms with Gasteiger partial charge in [-0.3, -0.25) is 5.10 Å². The molecule has 8 nitrogen and oxygen atoms in total. The highest BCUT2D eigenvalue weighted by atomic mass is 32.1. The van der Waals surface area contributed by atoms with Crippen LogP contribution in [0.5, 0.6) is 0 Å². The van der Waals surface area contributed by atoms with Crippen LogP contribution in [-0.4, -0.2) is 31.5 Å². The Balaban J connectivity index is 2.49. The lowest BCUT2D eigenvalue weighted by atomic mass is 10.1. The summed E-state index contributed by atoms with van der Waals surface area (Å²) < 4.78 is 0. The number of hydrogen-bond donors (Lipinski definition) is 4. The molecule has 0 spiro atoms. The maximum absolute atomic E-state index is 11.3. The van der Waals surface area contributed by atoms with Crippen molar-refractivity contribution >= 4 is 28.0 Å². The summed E-state index contributed by atoms with van der Waals surface area (Å²) >= 11 is 0.884. The number of thiophene rings is 1. The van der Waals surface area contributed by atoms with E-state index in [9.17, 15) is 20.1 Å². The second kappa shape index (κ2) is 5.72. The third-order valence-corrected chi connectivity index (χ3v) is 4.16. The zero-order valence-electron chi connectivity index (χ0n) is 11.6. The van der Waals surface area contributed by atoms with Crippen LogP contribution in [0.3, 0.4) is 0 Å². The number of rotatable bonds is 4. The Hall–Kier alpha value is -2.10. The van der Waals surface area contributed by atoms with Gasteiger partial charge in [-0.25, -0.2) is 4.79 Å². The van der Waals surface area contributed by atoms with Gasteiger partial charge < -0.3 is 15.3 Å². The molecule has 0 aliphatic rings. The molecule has 0 aliphatic carbocycles. The van der Waals surface area contributed by atoms with Crippen molar-refractivity contribution in [1.82, 2.24) is 10.2 Å². The summed E-state index contributed by atoms with van der Waals surface area (Å²) in [6.07, 6.45) is -1.74. The van der Waals surface area contributed by atoms with Crippen molar-refractivity contribution in [2.45, 2.75) is 27.1 Å². The Kier molecular flexibility index (Phi) is 4.16. The summed E-state index contributed by atoms with van der Waals surface area (Å²) in [7, 11) is 0. The Morgan fingerprint density at radius 3 is 2.43 bits per heavy atom. The minimum Gasteiger partial charge on any atom is -0.478 e. The van der Waals surface area contributed by atoms with Gasteiger partial charge in [-0.15, -0.1) is 21.6 Å². The van der Waals surface area contributed by atoms with Gasteiger partial charge in [0.05, 0.1) is 16.3 Å². The molecule has 0 aliphatic heterocycles. The number of carboxylic acids is 1. The van der Waals surface area contributed by atoms with E-state index in [4.69, 9.17) is 0 Å². The van der Waals surface area contributed by atoms with Gasteiger partial charge in [0.15, 0.2) is 11.3 Å². The quantitative estimate of drug-likeness (QED) is 0.509. The van der Waals surface area contributed by atoms with Gasteiger partial charge in [0.1, 0.15) is 11.3 Å². The number of aliphatic hydroxyl groups excluding tert-OH is 1. The number of aryl methyl sites for hydroxylation is 2. The fourth-order valence-corrected chi connectivity index (χ4v) is 2.86. The number of carboxylic acid groups (broad SMARTS) is 1. The second-order valence-corrected chi connectivity index (χ2v) is 5.46. The maximum Gasteiger partial charge on any atom is 0.339 e. The van der Waals surface area contributed by atoms with Crippen LogP contribution in [-0.2, 0) is 0 Å². The van der Waals surface area contributed by atoms with Crippen molar-refractivity contribution in [3.63, 3.8) is 0 Å². The van der Waals surface area contributed by atoms with Gasteiger partial charge in [-0.2, -0.15) is 5.10 Å². The van der Waals surface area contributed by atoms with E-state index in [0.29, 0.717) is 17.1 Å². The molecule has 2 heterocycles. The van der Waals surface area contributed by atoms with E-state index in [1.807, 2.05) is 0 Å². The molecule has 0 bridgehead atoms. The zero-order valence-corrected chi connectivity index (χ0v) is 12.4. The summed E-state index contributed by atoms with van der Waals surface area (Å²) in [6.45, 7) is 5.02. The van der Waals surface area contributed by atoms with Crippen LogP contribution in [0.4, 0.5) is 10.7 Å². The first kappa shape index (κ1) is 15.3. The lowest BCUT2D eigenvalue weighted by Gasteiger charge is -2.00. The van der Waals surface area contributed by atoms with Crippen LogP contribution in [0.1, 0.15) is 38.5 Å². The molecule has 9 heteroatoms. The van der Waals surface area contributed by atoms with Crippen LogP contribution in [0.25, 0.3) is 0 Å². The van der Waals surface area contributed by atoms with Gasteiger partial charge in [0.2, 0.25) is 0 Å². The maximum atomic E-state index is 11.3. The van der Waals surface area contributed by atoms with Gasteiger partial charge >= 0.3 is 5.97 Å². The minimum absolute atomic E-state index is 0.0781. The number of nitrogens with one attached hydrogen (secondary N) is 1. The van der Waals surface area contributed by atoms with Crippen molar-refractivity contribution < 1.29 is 20.1 Å². The average molecular weight is 310 g/mol. The molecule has 4 N–H and O–H groups in total. The fourth-order valence-electron chi connectivity index (χ4n) is 1.87. The van der Waals surface area contributed by atoms with Gasteiger partial charge in [0.25, 0.3) is 0 Å². The Morgan fingerprint density at radius 2 is 1.95 bits per heavy atom. The van der Waals surface area contributed by atoms with Gasteiger partial charge in [0, 0.05) is 0 Å². The van der Waals surface area contributed by atoms with E-state index in [0.717, 1.165) is 11.3 Å². The minimum atomic E-state index is -1.74. The largest absolute Gasteiger partial charge is 0.478 e. The highest BCUT2D eigenvalue weighted by molar-refractivity contribution is 7.16. The monoisotopic (exact) mass is 310 g/mol. The van der Waals surface area contributed by atoms with Crippen LogP contribution in [0.2, 0.25) is 0 Å². The summed E-state index contributed by atoms with van der Waals surface area (Å²) in [6, 6.07) is 0. The molecule has 2 aromatic heterocycles. The van der Waals surface area contributed by atoms with E-state index < -0.39 is 12.3 Å². The lowest BCUT2D eigenvalue weighted by molar-refractivity contribution is -0.0399. The number of nitrogens with zero attached hydrogens (tertiary/aromatic N) is 3. The summed E-state index contributed by atoms with van der Waals surface area (Å²) in [4.78, 5) is 11.4. The molecule has 112 valence electrons. The number of aromatic carboxylic acids is 1. The van der Waals surface area contributed by atoms with E-state index in [-0.39, 0.29) is 21.0 Å². The van der Waals surface area contributed by atoms with E-state index >= 15 is 0 Å². The van der Waals surface area contributed by atoms with Crippen molar-refractivity contribution in [2.75, 3.05) is 0 Å². The van der Waals surface area contributed by atoms with E-state index in [1.165, 1.54) is 6.92 Å². The summed E-state index contributed by atoms with van der Waals surface area (Å²) in [5.41, 5.74) is 2.08. The molecule has 0 saturated carbocycles. The molecular formula is C12H14N4O4S. The molecule has 21 heavy (non-hydrogen) atoms. The predicted molar refractivity (Wildman–Crippen MR) is 75.4 cm³/mol. The zero-order chi connectivity index (χ0) is 15.7. The highest BCUT2D eigenvalue weighted by Crippen LogP contribution is 2.39. The summed E-state index contributed by atoms with van der Waals surface area (Å²) in [5, 5.41) is 42.5. The number of aromatic amines is 1. The van der Waals surface area contributed by atoms with Gasteiger partial charge in [-0.05, 0) is 26.3 Å². The second-order valence-electron chi connectivity index (χ2n) is 4.43. The van der Waals surface area contributed by atoms with Gasteiger partial charge in [-0.1, -0.05) is 0 Å². The molecule has 2 rings (SSSR count). The number of aromatic nitrogens is 2. The van der Waals surface area contributed by atoms with E-state index in [2.05, 4.69) is 20.4 Å². The van der Waals surface area contributed by atoms with Crippen LogP contribution >= 0.6 is 11.3 Å². The van der Waals surface area contributed by atoms with Crippen molar-refractivity contribution in [3.8, 4) is 0 Å². The molecule has 0 aromatic carbocycles. The molecule has 0 saturated heterocycles. The molecule has 0 fully saturated rings. The fraction of sp³-hybridized carbons (Fsp3) is 0.333. The Labute approximate surface area is 123 Å². The normalized spacial score (nSPS) is 11.7.